The number of nitrogens with zero attached hydrogens (tertiary/aromatic N) is 2. The first-order chi connectivity index (χ1) is 7.57. The average Bonchev–Trinajstić information content (AvgIpc) is 2.23. The summed E-state index contributed by atoms with van der Waals surface area (Å²) in [7, 11) is 0. The molecule has 0 bridgehead atoms. The third kappa shape index (κ3) is 1.64. The van der Waals surface area contributed by atoms with Crippen molar-refractivity contribution >= 4 is 11.8 Å². The second-order valence-corrected chi connectivity index (χ2v) is 4.78. The Morgan fingerprint density at radius 1 is 1.62 bits per heavy atom. The number of carbonyl (C=O) groups excluding carboxylic acids is 2. The molecule has 2 amide bonds. The molecule has 5 heteroatoms. The number of nitriles is 1. The Morgan fingerprint density at radius 3 is 2.81 bits per heavy atom. The van der Waals surface area contributed by atoms with Crippen molar-refractivity contribution in [3.8, 4) is 6.07 Å². The van der Waals surface area contributed by atoms with Gasteiger partial charge in [0.2, 0.25) is 11.8 Å². The van der Waals surface area contributed by atoms with Crippen LogP contribution in [0.2, 0.25) is 0 Å². The van der Waals surface area contributed by atoms with Crippen LogP contribution in [0.1, 0.15) is 19.8 Å². The Kier molecular flexibility index (Phi) is 2.58. The minimum absolute atomic E-state index is 0.0939. The van der Waals surface area contributed by atoms with Gasteiger partial charge < -0.3 is 10.2 Å². The summed E-state index contributed by atoms with van der Waals surface area (Å²) in [5, 5.41) is 11.8. The first kappa shape index (κ1) is 10.9. The van der Waals surface area contributed by atoms with Crippen molar-refractivity contribution in [2.24, 2.45) is 11.3 Å². The lowest BCUT2D eigenvalue weighted by Gasteiger charge is -2.43. The van der Waals surface area contributed by atoms with Gasteiger partial charge in [0.15, 0.2) is 0 Å². The van der Waals surface area contributed by atoms with E-state index >= 15 is 0 Å². The Morgan fingerprint density at radius 2 is 2.31 bits per heavy atom. The number of hydrogen-bond donors (Lipinski definition) is 1. The van der Waals surface area contributed by atoms with Crippen LogP contribution in [-0.4, -0.2) is 36.3 Å². The van der Waals surface area contributed by atoms with E-state index in [2.05, 4.69) is 11.4 Å². The molecule has 0 atom stereocenters. The fourth-order valence-corrected chi connectivity index (χ4v) is 2.56. The Balaban J connectivity index is 2.07. The number of hydrogen-bond acceptors (Lipinski definition) is 3. The van der Waals surface area contributed by atoms with Gasteiger partial charge in [-0.15, -0.1) is 0 Å². The summed E-state index contributed by atoms with van der Waals surface area (Å²) in [5.74, 6) is 0.130. The van der Waals surface area contributed by atoms with Crippen LogP contribution in [0, 0.1) is 22.7 Å². The second kappa shape index (κ2) is 3.78. The monoisotopic (exact) mass is 221 g/mol. The molecule has 1 N–H and O–H groups in total. The summed E-state index contributed by atoms with van der Waals surface area (Å²) < 4.78 is 0. The van der Waals surface area contributed by atoms with Gasteiger partial charge in [0.1, 0.15) is 5.41 Å². The Labute approximate surface area is 94.4 Å². The molecule has 5 nitrogen and oxygen atoms in total. The third-order valence-corrected chi connectivity index (χ3v) is 3.34. The average molecular weight is 221 g/mol. The zero-order chi connectivity index (χ0) is 11.8. The molecule has 0 aromatic carbocycles. The van der Waals surface area contributed by atoms with Crippen LogP contribution < -0.4 is 5.32 Å². The molecule has 1 saturated carbocycles. The van der Waals surface area contributed by atoms with Crippen LogP contribution >= 0.6 is 0 Å². The maximum absolute atomic E-state index is 12.1. The summed E-state index contributed by atoms with van der Waals surface area (Å²) in [6.45, 7) is 3.13. The first-order valence-electron chi connectivity index (χ1n) is 5.55. The van der Waals surface area contributed by atoms with Gasteiger partial charge in [-0.1, -0.05) is 6.92 Å². The lowest BCUT2D eigenvalue weighted by atomic mass is 9.62. The lowest BCUT2D eigenvalue weighted by molar-refractivity contribution is -0.149. The minimum Gasteiger partial charge on any atom is -0.353 e. The van der Waals surface area contributed by atoms with Gasteiger partial charge in [-0.25, -0.2) is 0 Å². The fourth-order valence-electron chi connectivity index (χ4n) is 2.56. The van der Waals surface area contributed by atoms with Crippen LogP contribution in [0.4, 0.5) is 0 Å². The van der Waals surface area contributed by atoms with Gasteiger partial charge >= 0.3 is 0 Å². The molecule has 2 aliphatic rings. The summed E-state index contributed by atoms with van der Waals surface area (Å²) in [6, 6.07) is 2.13. The van der Waals surface area contributed by atoms with E-state index in [-0.39, 0.29) is 18.4 Å². The van der Waals surface area contributed by atoms with E-state index in [0.717, 1.165) is 0 Å². The van der Waals surface area contributed by atoms with Crippen LogP contribution in [0.5, 0.6) is 0 Å². The second-order valence-electron chi connectivity index (χ2n) is 4.78. The molecule has 1 saturated heterocycles. The van der Waals surface area contributed by atoms with Crippen molar-refractivity contribution < 1.29 is 9.59 Å². The molecule has 1 aliphatic carbocycles. The molecule has 0 radical (unpaired) electrons. The fraction of sp³-hybridized carbons (Fsp3) is 0.727. The highest BCUT2D eigenvalue weighted by atomic mass is 16.2. The number of carbonyl (C=O) groups is 2. The quantitative estimate of drug-likeness (QED) is 0.671. The topological polar surface area (TPSA) is 73.2 Å². The molecular weight excluding hydrogens is 206 g/mol. The molecule has 2 rings (SSSR count). The highest BCUT2D eigenvalue weighted by molar-refractivity contribution is 5.91. The molecule has 1 aliphatic heterocycles. The SMILES string of the molecule is CC1CC(C#N)(C(=O)N2CCNC(=O)C2)C1. The summed E-state index contributed by atoms with van der Waals surface area (Å²) in [4.78, 5) is 24.8. The molecule has 16 heavy (non-hydrogen) atoms. The van der Waals surface area contributed by atoms with Gasteiger partial charge in [-0.3, -0.25) is 9.59 Å². The maximum atomic E-state index is 12.1. The van der Waals surface area contributed by atoms with E-state index in [0.29, 0.717) is 31.8 Å². The van der Waals surface area contributed by atoms with E-state index in [1.807, 2.05) is 6.92 Å². The summed E-state index contributed by atoms with van der Waals surface area (Å²) >= 11 is 0. The van der Waals surface area contributed by atoms with Crippen molar-refractivity contribution in [2.45, 2.75) is 19.8 Å². The molecule has 0 spiro atoms. The van der Waals surface area contributed by atoms with E-state index in [1.165, 1.54) is 4.90 Å². The van der Waals surface area contributed by atoms with Crippen molar-refractivity contribution in [1.82, 2.24) is 10.2 Å². The van der Waals surface area contributed by atoms with E-state index in [9.17, 15) is 9.59 Å². The van der Waals surface area contributed by atoms with Crippen molar-refractivity contribution in [1.29, 1.82) is 5.26 Å². The molecule has 0 unspecified atom stereocenters. The van der Waals surface area contributed by atoms with Crippen molar-refractivity contribution in [3.05, 3.63) is 0 Å². The summed E-state index contributed by atoms with van der Waals surface area (Å²) in [6.07, 6.45) is 1.25. The highest BCUT2D eigenvalue weighted by Gasteiger charge is 2.51. The molecule has 86 valence electrons. The van der Waals surface area contributed by atoms with Crippen molar-refractivity contribution in [2.75, 3.05) is 19.6 Å². The van der Waals surface area contributed by atoms with Crippen molar-refractivity contribution in [3.63, 3.8) is 0 Å². The van der Waals surface area contributed by atoms with Gasteiger partial charge in [0.05, 0.1) is 12.6 Å². The Hall–Kier alpha value is -1.57. The zero-order valence-electron chi connectivity index (χ0n) is 9.32. The molecular formula is C11H15N3O2. The molecule has 1 heterocycles. The van der Waals surface area contributed by atoms with Gasteiger partial charge in [-0.2, -0.15) is 5.26 Å². The van der Waals surface area contributed by atoms with E-state index in [1.54, 1.807) is 0 Å². The van der Waals surface area contributed by atoms with E-state index in [4.69, 9.17) is 5.26 Å². The zero-order valence-corrected chi connectivity index (χ0v) is 9.32. The number of rotatable bonds is 1. The molecule has 0 aromatic heterocycles. The molecule has 2 fully saturated rings. The largest absolute Gasteiger partial charge is 0.353 e. The number of nitrogens with one attached hydrogen (secondary N) is 1. The first-order valence-corrected chi connectivity index (χ1v) is 5.55. The number of piperazine rings is 1. The van der Waals surface area contributed by atoms with Gasteiger partial charge in [0, 0.05) is 13.1 Å². The van der Waals surface area contributed by atoms with Crippen LogP contribution in [0.3, 0.4) is 0 Å². The van der Waals surface area contributed by atoms with Crippen LogP contribution in [-0.2, 0) is 9.59 Å². The predicted molar refractivity (Wildman–Crippen MR) is 56.0 cm³/mol. The van der Waals surface area contributed by atoms with Gasteiger partial charge in [-0.05, 0) is 18.8 Å². The van der Waals surface area contributed by atoms with Crippen LogP contribution in [0.15, 0.2) is 0 Å². The normalized spacial score (nSPS) is 33.6. The number of amides is 2. The van der Waals surface area contributed by atoms with Crippen LogP contribution in [0.25, 0.3) is 0 Å². The van der Waals surface area contributed by atoms with Gasteiger partial charge in [0.25, 0.3) is 0 Å². The third-order valence-electron chi connectivity index (χ3n) is 3.34. The highest BCUT2D eigenvalue weighted by Crippen LogP contribution is 2.46. The standard InChI is InChI=1S/C11H15N3O2/c1-8-4-11(5-8,7-12)10(16)14-3-2-13-9(15)6-14/h8H,2-6H2,1H3,(H,13,15). The van der Waals surface area contributed by atoms with E-state index < -0.39 is 5.41 Å². The maximum Gasteiger partial charge on any atom is 0.243 e. The lowest BCUT2D eigenvalue weighted by Crippen LogP contribution is -2.56. The Bertz CT molecular complexity index is 366. The minimum atomic E-state index is -0.850. The molecule has 0 aromatic rings. The summed E-state index contributed by atoms with van der Waals surface area (Å²) in [5.41, 5.74) is -0.850. The smallest absolute Gasteiger partial charge is 0.243 e. The predicted octanol–water partition coefficient (Wildman–Crippen LogP) is -0.115.